The second kappa shape index (κ2) is 23.5. The van der Waals surface area contributed by atoms with Crippen molar-refractivity contribution >= 4 is 40.3 Å². The number of amides is 5. The average Bonchev–Trinajstić information content (AvgIpc) is 3.41. The molecule has 50 heavy (non-hydrogen) atoms. The van der Waals surface area contributed by atoms with Gasteiger partial charge in [-0.25, -0.2) is 4.79 Å². The topological polar surface area (TPSA) is 168 Å². The van der Waals surface area contributed by atoms with Crippen LogP contribution in [-0.2, 0) is 30.0 Å². The van der Waals surface area contributed by atoms with Gasteiger partial charge in [0.05, 0.1) is 11.6 Å². The molecule has 0 bridgehead atoms. The van der Waals surface area contributed by atoms with Crippen molar-refractivity contribution < 1.29 is 28.2 Å². The van der Waals surface area contributed by atoms with E-state index in [0.29, 0.717) is 12.8 Å². The summed E-state index contributed by atoms with van der Waals surface area (Å²) in [6, 6.07) is -3.70. The van der Waals surface area contributed by atoms with Gasteiger partial charge in [0.1, 0.15) is 12.1 Å². The van der Waals surface area contributed by atoms with E-state index in [9.17, 15) is 28.2 Å². The molecular weight excluding hydrogens is 655 g/mol. The highest BCUT2D eigenvalue weighted by Gasteiger charge is 2.46. The third-order valence-corrected chi connectivity index (χ3v) is 10.7. The molecule has 0 aromatic carbocycles. The molecule has 0 aliphatic carbocycles. The first-order valence-electron chi connectivity index (χ1n) is 18.4. The Kier molecular flexibility index (Phi) is 23.1. The maximum Gasteiger partial charge on any atom is 0.315 e. The summed E-state index contributed by atoms with van der Waals surface area (Å²) < 4.78 is 12.5. The second-order valence-corrected chi connectivity index (χ2v) is 17.8. The van der Waals surface area contributed by atoms with Gasteiger partial charge < -0.3 is 26.6 Å². The Balaban J connectivity index is 0. The van der Waals surface area contributed by atoms with Crippen molar-refractivity contribution in [2.75, 3.05) is 12.3 Å². The summed E-state index contributed by atoms with van der Waals surface area (Å²) >= 11 is 0. The van der Waals surface area contributed by atoms with Gasteiger partial charge in [0.25, 0.3) is 5.91 Å². The smallest absolute Gasteiger partial charge is 0.315 e. The summed E-state index contributed by atoms with van der Waals surface area (Å²) in [6.45, 7) is 25.7. The van der Waals surface area contributed by atoms with Gasteiger partial charge in [0, 0.05) is 34.3 Å². The van der Waals surface area contributed by atoms with Gasteiger partial charge in [-0.05, 0) is 58.3 Å². The maximum atomic E-state index is 14.0. The lowest BCUT2D eigenvalue weighted by Crippen LogP contribution is -2.62. The van der Waals surface area contributed by atoms with Gasteiger partial charge in [-0.3, -0.25) is 23.4 Å². The summed E-state index contributed by atoms with van der Waals surface area (Å²) in [5.41, 5.74) is 3.67. The molecule has 1 aliphatic heterocycles. The number of nitrogens with two attached hydrogens (primary N) is 1. The van der Waals surface area contributed by atoms with E-state index in [-0.39, 0.29) is 31.1 Å². The van der Waals surface area contributed by atoms with Crippen LogP contribution in [0.2, 0.25) is 0 Å². The van der Waals surface area contributed by atoms with E-state index in [4.69, 9.17) is 12.2 Å². The van der Waals surface area contributed by atoms with Crippen molar-refractivity contribution in [3.05, 3.63) is 0 Å². The fourth-order valence-corrected chi connectivity index (χ4v) is 6.23. The van der Waals surface area contributed by atoms with Gasteiger partial charge in [-0.15, -0.1) is 12.3 Å². The van der Waals surface area contributed by atoms with Crippen molar-refractivity contribution in [3.63, 3.8) is 0 Å². The minimum Gasteiger partial charge on any atom is -0.363 e. The van der Waals surface area contributed by atoms with Crippen molar-refractivity contribution in [1.82, 2.24) is 20.9 Å². The molecule has 5 unspecified atom stereocenters. The summed E-state index contributed by atoms with van der Waals surface area (Å²) in [6.07, 6.45) is 12.6. The zero-order valence-electron chi connectivity index (χ0n) is 33.5. The molecule has 290 valence electrons. The number of hydrogen-bond donors (Lipinski definition) is 4. The Labute approximate surface area is 306 Å². The van der Waals surface area contributed by atoms with Crippen LogP contribution in [0.5, 0.6) is 0 Å². The lowest BCUT2D eigenvalue weighted by atomic mass is 9.85. The van der Waals surface area contributed by atoms with E-state index < -0.39 is 74.2 Å². The molecule has 5 N–H and O–H groups in total. The summed E-state index contributed by atoms with van der Waals surface area (Å²) in [5.74, 6) is -0.807. The first-order chi connectivity index (χ1) is 23.0. The first kappa shape index (κ1) is 49.2. The third kappa shape index (κ3) is 17.8. The number of unbranched alkanes of at least 4 members (excludes halogenated alkanes) is 2. The predicted molar refractivity (Wildman–Crippen MR) is 206 cm³/mol. The standard InChI is InChI=1S/C30H51N5O6S.2C4H10/c1-11-13-14-20(22(36)24(31)37)32-25(38)21-19(3)15-17-35(21)26(39)23(28(4,5)6)33-27(40)34-30(10,16-12-2)18-42(41)29(7,8)9;2*1-3-4-2/h1,19-21,23H,12-18H2,2-10H3,(H2,31,37)(H,32,38)(H2,33,34,40);2*3-4H2,1-2H3/t19?,20?,21-,23?,30?,42?;;/m0../s1. The number of rotatable bonds is 15. The largest absolute Gasteiger partial charge is 0.363 e. The molecule has 0 saturated carbocycles. The van der Waals surface area contributed by atoms with Crippen molar-refractivity contribution in [1.29, 1.82) is 0 Å². The van der Waals surface area contributed by atoms with Gasteiger partial charge in [-0.1, -0.05) is 94.4 Å². The first-order valence-corrected chi connectivity index (χ1v) is 19.7. The van der Waals surface area contributed by atoms with Gasteiger partial charge in [0.2, 0.25) is 17.6 Å². The van der Waals surface area contributed by atoms with Crippen LogP contribution in [0.3, 0.4) is 0 Å². The number of nitrogens with one attached hydrogen (secondary N) is 3. The Hall–Kier alpha value is -2.94. The molecule has 0 spiro atoms. The fourth-order valence-electron chi connectivity index (χ4n) is 5.00. The summed E-state index contributed by atoms with van der Waals surface area (Å²) in [5, 5.41) is 8.37. The zero-order chi connectivity index (χ0) is 39.5. The summed E-state index contributed by atoms with van der Waals surface area (Å²) in [4.78, 5) is 66.0. The molecule has 1 aliphatic rings. The quantitative estimate of drug-likeness (QED) is 0.127. The van der Waals surface area contributed by atoms with Crippen molar-refractivity contribution in [3.8, 4) is 12.3 Å². The number of ketones is 1. The van der Waals surface area contributed by atoms with Crippen LogP contribution < -0.4 is 21.7 Å². The highest BCUT2D eigenvalue weighted by molar-refractivity contribution is 7.86. The molecule has 1 heterocycles. The second-order valence-electron chi connectivity index (χ2n) is 15.6. The zero-order valence-corrected chi connectivity index (χ0v) is 34.4. The SMILES string of the molecule is C#CCCC(NC(=O)[C@@H]1C(C)CCN1C(=O)C(NC(=O)NC(C)(CCC)CS(=O)C(C)(C)C)C(C)(C)C)C(=O)C(N)=O.CCCC.CCCC. The number of terminal acetylenes is 1. The van der Waals surface area contributed by atoms with Crippen LogP contribution in [-0.4, -0.2) is 79.4 Å². The molecule has 1 fully saturated rings. The Morgan fingerprint density at radius 2 is 1.42 bits per heavy atom. The number of nitrogens with zero attached hydrogens (tertiary/aromatic N) is 1. The molecular formula is C38H71N5O6S. The number of likely N-dealkylation sites (tertiary alicyclic amines) is 1. The van der Waals surface area contributed by atoms with Crippen LogP contribution in [0.1, 0.15) is 148 Å². The summed E-state index contributed by atoms with van der Waals surface area (Å²) in [7, 11) is -1.22. The normalized spacial score (nSPS) is 18.7. The number of Topliss-reactive ketones (excluding diaryl/α,β-unsaturated/α-hetero) is 1. The third-order valence-electron chi connectivity index (χ3n) is 8.44. The lowest BCUT2D eigenvalue weighted by Gasteiger charge is -2.38. The van der Waals surface area contributed by atoms with E-state index >= 15 is 0 Å². The minimum absolute atomic E-state index is 0.0297. The Bertz CT molecular complexity index is 1150. The number of carbonyl (C=O) groups excluding carboxylic acids is 5. The van der Waals surface area contributed by atoms with Gasteiger partial charge in [-0.2, -0.15) is 0 Å². The van der Waals surface area contributed by atoms with Crippen LogP contribution in [0, 0.1) is 23.7 Å². The molecule has 0 aromatic rings. The van der Waals surface area contributed by atoms with Gasteiger partial charge >= 0.3 is 6.03 Å². The van der Waals surface area contributed by atoms with E-state index in [1.54, 1.807) is 0 Å². The molecule has 11 nitrogen and oxygen atoms in total. The maximum absolute atomic E-state index is 14.0. The van der Waals surface area contributed by atoms with Crippen LogP contribution in [0.4, 0.5) is 4.79 Å². The number of carbonyl (C=O) groups is 5. The lowest BCUT2D eigenvalue weighted by molar-refractivity contribution is -0.144. The molecule has 0 radical (unpaired) electrons. The molecule has 1 saturated heterocycles. The Morgan fingerprint density at radius 3 is 1.82 bits per heavy atom. The number of urea groups is 1. The molecule has 0 aromatic heterocycles. The average molecular weight is 726 g/mol. The van der Waals surface area contributed by atoms with Crippen LogP contribution in [0.15, 0.2) is 0 Å². The monoisotopic (exact) mass is 726 g/mol. The Morgan fingerprint density at radius 1 is 0.900 bits per heavy atom. The molecule has 6 atom stereocenters. The number of hydrogen-bond acceptors (Lipinski definition) is 6. The van der Waals surface area contributed by atoms with Crippen molar-refractivity contribution in [2.24, 2.45) is 17.1 Å². The highest BCUT2D eigenvalue weighted by Crippen LogP contribution is 2.29. The van der Waals surface area contributed by atoms with Crippen LogP contribution in [0.25, 0.3) is 0 Å². The van der Waals surface area contributed by atoms with E-state index in [0.717, 1.165) is 6.42 Å². The van der Waals surface area contributed by atoms with Crippen molar-refractivity contribution in [2.45, 2.75) is 176 Å². The minimum atomic E-state index is -1.22. The fraction of sp³-hybridized carbons (Fsp3) is 0.816. The van der Waals surface area contributed by atoms with E-state index in [1.807, 2.05) is 62.3 Å². The predicted octanol–water partition coefficient (Wildman–Crippen LogP) is 5.61. The molecule has 12 heteroatoms. The highest BCUT2D eigenvalue weighted by atomic mass is 32.2. The van der Waals surface area contributed by atoms with Gasteiger partial charge in [0.15, 0.2) is 0 Å². The number of primary amides is 1. The van der Waals surface area contributed by atoms with E-state index in [1.165, 1.54) is 30.6 Å². The molecule has 1 rings (SSSR count). The molecule has 5 amide bonds. The van der Waals surface area contributed by atoms with Crippen LogP contribution >= 0.6 is 0 Å². The van der Waals surface area contributed by atoms with E-state index in [2.05, 4.69) is 49.6 Å².